The Labute approximate surface area is 227 Å². The van der Waals surface area contributed by atoms with E-state index < -0.39 is 0 Å². The topological polar surface area (TPSA) is 52.7 Å². The van der Waals surface area contributed by atoms with Gasteiger partial charge in [0.15, 0.2) is 0 Å². The molecule has 38 heavy (non-hydrogen) atoms. The molecule has 0 atom stereocenters. The van der Waals surface area contributed by atoms with Crippen molar-refractivity contribution in [3.63, 3.8) is 0 Å². The summed E-state index contributed by atoms with van der Waals surface area (Å²) in [5.74, 6) is -0.467. The van der Waals surface area contributed by atoms with Crippen LogP contribution in [0.25, 0.3) is 6.08 Å². The van der Waals surface area contributed by atoms with Gasteiger partial charge in [-0.25, -0.2) is 4.39 Å². The Morgan fingerprint density at radius 2 is 1.71 bits per heavy atom. The average Bonchev–Trinajstić information content (AvgIpc) is 3.41. The molecule has 0 aromatic heterocycles. The van der Waals surface area contributed by atoms with Crippen LogP contribution in [0.15, 0.2) is 82.6 Å². The largest absolute Gasteiger partial charge is 0.352 e. The molecule has 2 amide bonds. The van der Waals surface area contributed by atoms with Gasteiger partial charge in [-0.1, -0.05) is 54.2 Å². The molecule has 0 saturated carbocycles. The third-order valence-electron chi connectivity index (χ3n) is 6.95. The predicted octanol–water partition coefficient (Wildman–Crippen LogP) is 6.11. The molecule has 0 aliphatic carbocycles. The van der Waals surface area contributed by atoms with Crippen molar-refractivity contribution in [1.29, 1.82) is 0 Å². The van der Waals surface area contributed by atoms with Crippen molar-refractivity contribution in [3.05, 3.63) is 100 Å². The molecule has 5 nitrogen and oxygen atoms in total. The van der Waals surface area contributed by atoms with Crippen LogP contribution < -0.4 is 10.2 Å². The van der Waals surface area contributed by atoms with Gasteiger partial charge in [0.2, 0.25) is 5.91 Å². The van der Waals surface area contributed by atoms with E-state index in [0.717, 1.165) is 34.0 Å². The number of halogens is 1. The number of hydrogen-bond donors (Lipinski definition) is 1. The molecule has 2 heterocycles. The number of thioether (sulfide) groups is 1. The molecule has 2 aliphatic heterocycles. The highest BCUT2D eigenvalue weighted by molar-refractivity contribution is 8.03. The van der Waals surface area contributed by atoms with E-state index in [1.807, 2.05) is 54.6 Å². The Bertz CT molecular complexity index is 1320. The van der Waals surface area contributed by atoms with Gasteiger partial charge in [0.05, 0.1) is 18.7 Å². The van der Waals surface area contributed by atoms with E-state index in [2.05, 4.69) is 10.2 Å². The molecule has 3 aromatic carbocycles. The van der Waals surface area contributed by atoms with E-state index in [1.165, 1.54) is 32.0 Å². The zero-order chi connectivity index (χ0) is 26.3. The van der Waals surface area contributed by atoms with E-state index in [-0.39, 0.29) is 30.6 Å². The third kappa shape index (κ3) is 6.52. The quantitative estimate of drug-likeness (QED) is 0.358. The Morgan fingerprint density at radius 1 is 0.974 bits per heavy atom. The van der Waals surface area contributed by atoms with Crippen LogP contribution in [0, 0.1) is 5.82 Å². The lowest BCUT2D eigenvalue weighted by atomic mass is 10.1. The summed E-state index contributed by atoms with van der Waals surface area (Å²) >= 11 is 1.55. The monoisotopic (exact) mass is 529 g/mol. The maximum atomic E-state index is 14.4. The highest BCUT2D eigenvalue weighted by atomic mass is 32.2. The Kier molecular flexibility index (Phi) is 8.56. The van der Waals surface area contributed by atoms with E-state index >= 15 is 0 Å². The van der Waals surface area contributed by atoms with Crippen molar-refractivity contribution in [2.75, 3.05) is 31.1 Å². The molecule has 0 spiro atoms. The molecule has 1 saturated heterocycles. The minimum atomic E-state index is -0.318. The molecule has 0 bridgehead atoms. The molecule has 196 valence electrons. The fourth-order valence-electron chi connectivity index (χ4n) is 4.90. The minimum absolute atomic E-state index is 0.0673. The summed E-state index contributed by atoms with van der Waals surface area (Å²) in [6.07, 6.45) is 5.72. The van der Waals surface area contributed by atoms with E-state index in [0.29, 0.717) is 17.7 Å². The first-order chi connectivity index (χ1) is 18.6. The summed E-state index contributed by atoms with van der Waals surface area (Å²) in [4.78, 5) is 31.9. The van der Waals surface area contributed by atoms with Crippen molar-refractivity contribution < 1.29 is 14.0 Å². The number of nitrogens with zero attached hydrogens (tertiary/aromatic N) is 2. The average molecular weight is 530 g/mol. The zero-order valence-corrected chi connectivity index (χ0v) is 22.2. The molecule has 3 aromatic rings. The predicted molar refractivity (Wildman–Crippen MR) is 152 cm³/mol. The van der Waals surface area contributed by atoms with Gasteiger partial charge in [-0.3, -0.25) is 9.59 Å². The van der Waals surface area contributed by atoms with Crippen LogP contribution in [0.5, 0.6) is 0 Å². The van der Waals surface area contributed by atoms with Crippen LogP contribution >= 0.6 is 11.8 Å². The molecule has 0 radical (unpaired) electrons. The van der Waals surface area contributed by atoms with Crippen LogP contribution in [0.2, 0.25) is 0 Å². The van der Waals surface area contributed by atoms with E-state index in [9.17, 15) is 14.0 Å². The number of likely N-dealkylation sites (tertiary alicyclic amines) is 1. The number of amides is 2. The van der Waals surface area contributed by atoms with E-state index in [1.54, 1.807) is 34.9 Å². The number of fused-ring (bicyclic) bond motifs is 1. The van der Waals surface area contributed by atoms with E-state index in [4.69, 9.17) is 0 Å². The molecular weight excluding hydrogens is 497 g/mol. The lowest BCUT2D eigenvalue weighted by Crippen LogP contribution is -2.30. The fraction of sp³-hybridized carbons (Fsp3) is 0.290. The summed E-state index contributed by atoms with van der Waals surface area (Å²) in [7, 11) is 0. The van der Waals surface area contributed by atoms with Crippen LogP contribution in [-0.2, 0) is 11.3 Å². The zero-order valence-electron chi connectivity index (χ0n) is 21.4. The molecule has 2 aliphatic rings. The van der Waals surface area contributed by atoms with Crippen LogP contribution in [0.4, 0.5) is 10.1 Å². The SMILES string of the molecule is O=C(NCCCN1CCCC1)c1ccc(C=C2CC(=O)N(Cc3ccccc3F)c3ccccc3S2)cc1. The second kappa shape index (κ2) is 12.4. The van der Waals surface area contributed by atoms with Gasteiger partial charge in [0.1, 0.15) is 5.82 Å². The van der Waals surface area contributed by atoms with Gasteiger partial charge in [-0.05, 0) is 85.8 Å². The highest BCUT2D eigenvalue weighted by Crippen LogP contribution is 2.41. The summed E-state index contributed by atoms with van der Waals surface area (Å²) < 4.78 is 14.4. The van der Waals surface area contributed by atoms with Crippen molar-refractivity contribution >= 4 is 35.3 Å². The lowest BCUT2D eigenvalue weighted by Gasteiger charge is -2.22. The van der Waals surface area contributed by atoms with Gasteiger partial charge in [-0.2, -0.15) is 0 Å². The number of carbonyl (C=O) groups is 2. The number of nitrogens with one attached hydrogen (secondary N) is 1. The number of carbonyl (C=O) groups excluding carboxylic acids is 2. The first kappa shape index (κ1) is 26.2. The maximum Gasteiger partial charge on any atom is 0.251 e. The first-order valence-corrected chi connectivity index (χ1v) is 14.0. The normalized spacial score (nSPS) is 16.9. The van der Waals surface area contributed by atoms with Crippen LogP contribution in [0.3, 0.4) is 0 Å². The fourth-order valence-corrected chi connectivity index (χ4v) is 6.01. The van der Waals surface area contributed by atoms with Gasteiger partial charge in [0.25, 0.3) is 5.91 Å². The van der Waals surface area contributed by atoms with Gasteiger partial charge < -0.3 is 15.1 Å². The Morgan fingerprint density at radius 3 is 2.50 bits per heavy atom. The first-order valence-electron chi connectivity index (χ1n) is 13.2. The molecule has 7 heteroatoms. The molecule has 1 fully saturated rings. The second-order valence-corrected chi connectivity index (χ2v) is 10.9. The summed E-state index contributed by atoms with van der Waals surface area (Å²) in [6.45, 7) is 4.22. The minimum Gasteiger partial charge on any atom is -0.352 e. The molecule has 1 N–H and O–H groups in total. The molecule has 5 rings (SSSR count). The van der Waals surface area contributed by atoms with Crippen LogP contribution in [0.1, 0.15) is 47.2 Å². The number of anilines is 1. The summed E-state index contributed by atoms with van der Waals surface area (Å²) in [6, 6.07) is 21.8. The molecular formula is C31H32FN3O2S. The van der Waals surface area contributed by atoms with Crippen molar-refractivity contribution in [2.24, 2.45) is 0 Å². The van der Waals surface area contributed by atoms with Gasteiger partial charge in [-0.15, -0.1) is 0 Å². The Balaban J connectivity index is 1.25. The second-order valence-electron chi connectivity index (χ2n) is 9.71. The standard InChI is InChI=1S/C31H32FN3O2S/c32-27-9-2-1-8-25(27)22-35-28-10-3-4-11-29(28)38-26(21-30(35)36)20-23-12-14-24(15-13-23)31(37)33-16-7-19-34-17-5-6-18-34/h1-4,8-15,20H,5-7,16-19,21-22H2,(H,33,37). The highest BCUT2D eigenvalue weighted by Gasteiger charge is 2.26. The Hall–Kier alpha value is -3.42. The number of hydrogen-bond acceptors (Lipinski definition) is 4. The number of rotatable bonds is 8. The van der Waals surface area contributed by atoms with Crippen molar-refractivity contribution in [1.82, 2.24) is 10.2 Å². The smallest absolute Gasteiger partial charge is 0.251 e. The lowest BCUT2D eigenvalue weighted by molar-refractivity contribution is -0.118. The summed E-state index contributed by atoms with van der Waals surface area (Å²) in [5.41, 5.74) is 2.81. The summed E-state index contributed by atoms with van der Waals surface area (Å²) in [5, 5.41) is 3.02. The van der Waals surface area contributed by atoms with Crippen molar-refractivity contribution in [2.45, 2.75) is 37.1 Å². The maximum absolute atomic E-state index is 14.4. The number of para-hydroxylation sites is 1. The van der Waals surface area contributed by atoms with Gasteiger partial charge >= 0.3 is 0 Å². The third-order valence-corrected chi connectivity index (χ3v) is 8.04. The van der Waals surface area contributed by atoms with Gasteiger partial charge in [0, 0.05) is 22.6 Å². The molecule has 0 unspecified atom stereocenters. The van der Waals surface area contributed by atoms with Crippen molar-refractivity contribution in [3.8, 4) is 0 Å². The van der Waals surface area contributed by atoms with Crippen LogP contribution in [-0.4, -0.2) is 42.9 Å². The number of benzene rings is 3.